The predicted molar refractivity (Wildman–Crippen MR) is 76.1 cm³/mol. The highest BCUT2D eigenvalue weighted by molar-refractivity contribution is 9.10. The molecular formula is C12H14BrN3O2S. The summed E-state index contributed by atoms with van der Waals surface area (Å²) in [5.41, 5.74) is 1.68. The third-order valence-electron chi connectivity index (χ3n) is 2.73. The van der Waals surface area contributed by atoms with Gasteiger partial charge in [0.2, 0.25) is 10.0 Å². The van der Waals surface area contributed by atoms with Crippen LogP contribution in [0.25, 0.3) is 0 Å². The minimum atomic E-state index is -3.50. The molecule has 0 saturated carbocycles. The number of nitrogens with one attached hydrogen (secondary N) is 1. The maximum absolute atomic E-state index is 12.0. The van der Waals surface area contributed by atoms with Gasteiger partial charge in [0.05, 0.1) is 17.1 Å². The molecule has 0 spiro atoms. The summed E-state index contributed by atoms with van der Waals surface area (Å²) < 4.78 is 29.2. The quantitative estimate of drug-likeness (QED) is 0.922. The minimum absolute atomic E-state index is 0.181. The molecule has 1 aromatic carbocycles. The van der Waals surface area contributed by atoms with E-state index in [2.05, 4.69) is 25.8 Å². The Morgan fingerprint density at radius 1 is 1.32 bits per heavy atom. The van der Waals surface area contributed by atoms with Crippen LogP contribution in [0.4, 0.5) is 0 Å². The van der Waals surface area contributed by atoms with Crippen molar-refractivity contribution in [3.63, 3.8) is 0 Å². The number of hydrogen-bond donors (Lipinski definition) is 1. The zero-order chi connectivity index (χ0) is 14.0. The number of sulfonamides is 1. The van der Waals surface area contributed by atoms with Crippen LogP contribution in [0.1, 0.15) is 11.4 Å². The van der Waals surface area contributed by atoms with Gasteiger partial charge < -0.3 is 0 Å². The van der Waals surface area contributed by atoms with Crippen molar-refractivity contribution in [2.24, 2.45) is 7.05 Å². The van der Waals surface area contributed by atoms with Crippen molar-refractivity contribution in [1.82, 2.24) is 14.5 Å². The van der Waals surface area contributed by atoms with Gasteiger partial charge in [-0.25, -0.2) is 13.1 Å². The Kier molecular flexibility index (Phi) is 4.07. The van der Waals surface area contributed by atoms with Gasteiger partial charge in [-0.3, -0.25) is 4.68 Å². The molecule has 2 rings (SSSR count). The number of aromatic nitrogens is 2. The summed E-state index contributed by atoms with van der Waals surface area (Å²) in [7, 11) is -1.68. The maximum Gasteiger partial charge on any atom is 0.240 e. The van der Waals surface area contributed by atoms with E-state index in [0.717, 1.165) is 10.2 Å². The SMILES string of the molecule is Cc1cc(CNS(=O)(=O)c2ccc(Br)cc2)nn1C. The third-order valence-corrected chi connectivity index (χ3v) is 4.68. The molecule has 0 fully saturated rings. The topological polar surface area (TPSA) is 64.0 Å². The van der Waals surface area contributed by atoms with Crippen molar-refractivity contribution >= 4 is 26.0 Å². The van der Waals surface area contributed by atoms with E-state index in [1.54, 1.807) is 28.9 Å². The third kappa shape index (κ3) is 3.43. The Balaban J connectivity index is 2.11. The Labute approximate surface area is 120 Å². The lowest BCUT2D eigenvalue weighted by Crippen LogP contribution is -2.23. The van der Waals surface area contributed by atoms with Crippen LogP contribution in [0, 0.1) is 6.92 Å². The summed E-state index contributed by atoms with van der Waals surface area (Å²) >= 11 is 3.27. The molecule has 1 heterocycles. The average Bonchev–Trinajstić information content (AvgIpc) is 2.67. The van der Waals surface area contributed by atoms with E-state index in [4.69, 9.17) is 0 Å². The van der Waals surface area contributed by atoms with Crippen LogP contribution in [0.15, 0.2) is 39.7 Å². The molecule has 0 radical (unpaired) electrons. The molecule has 102 valence electrons. The minimum Gasteiger partial charge on any atom is -0.273 e. The first-order valence-electron chi connectivity index (χ1n) is 5.63. The summed E-state index contributed by atoms with van der Waals surface area (Å²) in [6.07, 6.45) is 0. The van der Waals surface area contributed by atoms with Crippen molar-refractivity contribution in [1.29, 1.82) is 0 Å². The summed E-state index contributed by atoms with van der Waals surface area (Å²) in [5.74, 6) is 0. The molecule has 7 heteroatoms. The smallest absolute Gasteiger partial charge is 0.240 e. The van der Waals surface area contributed by atoms with E-state index in [1.807, 2.05) is 20.0 Å². The van der Waals surface area contributed by atoms with Gasteiger partial charge in [0.25, 0.3) is 0 Å². The Bertz CT molecular complexity index is 658. The van der Waals surface area contributed by atoms with Crippen molar-refractivity contribution in [2.45, 2.75) is 18.4 Å². The predicted octanol–water partition coefficient (Wildman–Crippen LogP) is 1.97. The second-order valence-corrected chi connectivity index (χ2v) is 6.86. The molecule has 0 saturated heterocycles. The van der Waals surface area contributed by atoms with Gasteiger partial charge in [0.15, 0.2) is 0 Å². The number of nitrogens with zero attached hydrogens (tertiary/aromatic N) is 2. The second kappa shape index (κ2) is 5.44. The first kappa shape index (κ1) is 14.2. The van der Waals surface area contributed by atoms with E-state index in [1.165, 1.54) is 0 Å². The number of hydrogen-bond acceptors (Lipinski definition) is 3. The first-order valence-corrected chi connectivity index (χ1v) is 7.91. The van der Waals surface area contributed by atoms with Crippen molar-refractivity contribution in [2.75, 3.05) is 0 Å². The lowest BCUT2D eigenvalue weighted by molar-refractivity contribution is 0.579. The zero-order valence-corrected chi connectivity index (χ0v) is 13.0. The number of benzene rings is 1. The van der Waals surface area contributed by atoms with Crippen LogP contribution in [0.2, 0.25) is 0 Å². The summed E-state index contributed by atoms with van der Waals surface area (Å²) in [6.45, 7) is 2.10. The van der Waals surface area contributed by atoms with Gasteiger partial charge in [-0.05, 0) is 37.3 Å². The van der Waals surface area contributed by atoms with Gasteiger partial charge in [-0.15, -0.1) is 0 Å². The summed E-state index contributed by atoms with van der Waals surface area (Å²) in [5, 5.41) is 4.20. The summed E-state index contributed by atoms with van der Waals surface area (Å²) in [6, 6.07) is 8.34. The Hall–Kier alpha value is -1.18. The number of rotatable bonds is 4. The lowest BCUT2D eigenvalue weighted by atomic mass is 10.4. The van der Waals surface area contributed by atoms with Crippen LogP contribution in [0.3, 0.4) is 0 Å². The molecule has 0 unspecified atom stereocenters. The Morgan fingerprint density at radius 2 is 1.95 bits per heavy atom. The first-order chi connectivity index (χ1) is 8.88. The fraction of sp³-hybridized carbons (Fsp3) is 0.250. The molecule has 0 aliphatic rings. The molecular weight excluding hydrogens is 330 g/mol. The van der Waals surface area contributed by atoms with E-state index >= 15 is 0 Å². The van der Waals surface area contributed by atoms with E-state index < -0.39 is 10.0 Å². The van der Waals surface area contributed by atoms with Crippen LogP contribution < -0.4 is 4.72 Å². The molecule has 0 bridgehead atoms. The van der Waals surface area contributed by atoms with Gasteiger partial charge >= 0.3 is 0 Å². The zero-order valence-electron chi connectivity index (χ0n) is 10.6. The van der Waals surface area contributed by atoms with Crippen LogP contribution >= 0.6 is 15.9 Å². The molecule has 1 aromatic heterocycles. The highest BCUT2D eigenvalue weighted by Gasteiger charge is 2.14. The average molecular weight is 344 g/mol. The normalized spacial score (nSPS) is 11.7. The van der Waals surface area contributed by atoms with Gasteiger partial charge in [-0.2, -0.15) is 5.10 Å². The molecule has 0 aliphatic carbocycles. The van der Waals surface area contributed by atoms with Gasteiger partial charge in [0, 0.05) is 17.2 Å². The largest absolute Gasteiger partial charge is 0.273 e. The number of halogens is 1. The molecule has 1 N–H and O–H groups in total. The highest BCUT2D eigenvalue weighted by atomic mass is 79.9. The maximum atomic E-state index is 12.0. The van der Waals surface area contributed by atoms with Crippen molar-refractivity contribution in [3.05, 3.63) is 46.2 Å². The fourth-order valence-corrected chi connectivity index (χ4v) is 2.85. The van der Waals surface area contributed by atoms with Gasteiger partial charge in [0.1, 0.15) is 0 Å². The van der Waals surface area contributed by atoms with E-state index in [-0.39, 0.29) is 11.4 Å². The molecule has 19 heavy (non-hydrogen) atoms. The molecule has 0 aliphatic heterocycles. The van der Waals surface area contributed by atoms with E-state index in [0.29, 0.717) is 5.69 Å². The van der Waals surface area contributed by atoms with Crippen LogP contribution in [0.5, 0.6) is 0 Å². The second-order valence-electron chi connectivity index (χ2n) is 4.18. The standard InChI is InChI=1S/C12H14BrN3O2S/c1-9-7-11(15-16(9)2)8-14-19(17,18)12-5-3-10(13)4-6-12/h3-7,14H,8H2,1-2H3. The molecule has 0 atom stereocenters. The van der Waals surface area contributed by atoms with E-state index in [9.17, 15) is 8.42 Å². The lowest BCUT2D eigenvalue weighted by Gasteiger charge is -2.05. The molecule has 5 nitrogen and oxygen atoms in total. The van der Waals surface area contributed by atoms with Crippen molar-refractivity contribution < 1.29 is 8.42 Å². The number of aryl methyl sites for hydroxylation is 2. The van der Waals surface area contributed by atoms with Crippen molar-refractivity contribution in [3.8, 4) is 0 Å². The molecule has 0 amide bonds. The monoisotopic (exact) mass is 343 g/mol. The fourth-order valence-electron chi connectivity index (χ4n) is 1.59. The molecule has 2 aromatic rings. The van der Waals surface area contributed by atoms with Crippen LogP contribution in [-0.2, 0) is 23.6 Å². The summed E-state index contributed by atoms with van der Waals surface area (Å²) in [4.78, 5) is 0.239. The highest BCUT2D eigenvalue weighted by Crippen LogP contribution is 2.14. The Morgan fingerprint density at radius 3 is 2.47 bits per heavy atom. The van der Waals surface area contributed by atoms with Gasteiger partial charge in [-0.1, -0.05) is 15.9 Å². The van der Waals surface area contributed by atoms with Crippen LogP contribution in [-0.4, -0.2) is 18.2 Å².